The molecule has 0 aliphatic carbocycles. The summed E-state index contributed by atoms with van der Waals surface area (Å²) in [6.07, 6.45) is 8.74. The Morgan fingerprint density at radius 1 is 0.395 bits per heavy atom. The number of ether oxygens (including phenoxy) is 10. The zero-order valence-electron chi connectivity index (χ0n) is 27.7. The molecule has 0 rings (SSSR count). The molecule has 43 heavy (non-hydrogen) atoms. The molecule has 1 atom stereocenters. The minimum Gasteiger partial charge on any atom is -0.463 e. The molecule has 0 heterocycles. The zero-order valence-corrected chi connectivity index (χ0v) is 27.7. The van der Waals surface area contributed by atoms with Gasteiger partial charge in [0, 0.05) is 6.61 Å². The fourth-order valence-corrected chi connectivity index (χ4v) is 3.75. The number of carbonyl (C=O) groups excluding carboxylic acids is 1. The van der Waals surface area contributed by atoms with Crippen LogP contribution in [0.1, 0.15) is 72.1 Å². The molecule has 0 spiro atoms. The number of hydrogen-bond donors (Lipinski definition) is 0. The minimum atomic E-state index is -0.116. The van der Waals surface area contributed by atoms with E-state index < -0.39 is 0 Å². The van der Waals surface area contributed by atoms with Gasteiger partial charge >= 0.3 is 5.97 Å². The fraction of sp³-hybridized carbons (Fsp3) is 0.969. The van der Waals surface area contributed by atoms with Crippen LogP contribution in [0.4, 0.5) is 0 Å². The molecular formula is C32H64O11. The van der Waals surface area contributed by atoms with Crippen molar-refractivity contribution in [1.82, 2.24) is 0 Å². The van der Waals surface area contributed by atoms with Crippen LogP contribution in [-0.2, 0) is 52.2 Å². The van der Waals surface area contributed by atoms with Crippen molar-refractivity contribution in [2.24, 2.45) is 5.92 Å². The van der Waals surface area contributed by atoms with Crippen LogP contribution in [0.25, 0.3) is 0 Å². The third-order valence-corrected chi connectivity index (χ3v) is 6.32. The Morgan fingerprint density at radius 3 is 1.05 bits per heavy atom. The van der Waals surface area contributed by atoms with Gasteiger partial charge in [-0.3, -0.25) is 4.79 Å². The van der Waals surface area contributed by atoms with Crippen molar-refractivity contribution in [1.29, 1.82) is 0 Å². The smallest absolute Gasteiger partial charge is 0.308 e. The molecule has 0 aromatic heterocycles. The van der Waals surface area contributed by atoms with E-state index in [4.69, 9.17) is 47.4 Å². The molecule has 0 amide bonds. The van der Waals surface area contributed by atoms with Crippen LogP contribution in [0.3, 0.4) is 0 Å². The third-order valence-electron chi connectivity index (χ3n) is 6.32. The van der Waals surface area contributed by atoms with Crippen molar-refractivity contribution in [2.45, 2.75) is 72.1 Å². The molecule has 11 heteroatoms. The number of rotatable bonds is 37. The van der Waals surface area contributed by atoms with Crippen LogP contribution in [0.2, 0.25) is 0 Å². The summed E-state index contributed by atoms with van der Waals surface area (Å²) < 4.78 is 54.6. The Balaban J connectivity index is 3.14. The largest absolute Gasteiger partial charge is 0.463 e. The van der Waals surface area contributed by atoms with E-state index in [-0.39, 0.29) is 18.5 Å². The predicted octanol–water partition coefficient (Wildman–Crippen LogP) is 4.48. The molecular weight excluding hydrogens is 560 g/mol. The van der Waals surface area contributed by atoms with E-state index in [1.54, 1.807) is 0 Å². The fourth-order valence-electron chi connectivity index (χ4n) is 3.75. The second-order valence-electron chi connectivity index (χ2n) is 9.99. The van der Waals surface area contributed by atoms with Crippen LogP contribution in [0.5, 0.6) is 0 Å². The maximum atomic E-state index is 12.0. The van der Waals surface area contributed by atoms with Crippen LogP contribution in [0.15, 0.2) is 0 Å². The second-order valence-corrected chi connectivity index (χ2v) is 9.99. The lowest BCUT2D eigenvalue weighted by atomic mass is 10.00. The van der Waals surface area contributed by atoms with Gasteiger partial charge in [-0.2, -0.15) is 0 Å². The molecule has 0 saturated heterocycles. The van der Waals surface area contributed by atoms with Gasteiger partial charge in [-0.25, -0.2) is 0 Å². The molecule has 0 N–H and O–H groups in total. The summed E-state index contributed by atoms with van der Waals surface area (Å²) in [4.78, 5) is 12.0. The van der Waals surface area contributed by atoms with Gasteiger partial charge in [0.15, 0.2) is 0 Å². The Labute approximate surface area is 261 Å². The van der Waals surface area contributed by atoms with E-state index in [1.807, 2.05) is 6.92 Å². The van der Waals surface area contributed by atoms with Crippen molar-refractivity contribution in [2.75, 3.05) is 126 Å². The lowest BCUT2D eigenvalue weighted by Crippen LogP contribution is -2.20. The van der Waals surface area contributed by atoms with E-state index in [0.717, 1.165) is 38.7 Å². The van der Waals surface area contributed by atoms with Gasteiger partial charge in [0.05, 0.1) is 118 Å². The number of carbonyl (C=O) groups is 1. The average Bonchev–Trinajstić information content (AvgIpc) is 3.02. The normalized spacial score (nSPS) is 12.2. The van der Waals surface area contributed by atoms with Gasteiger partial charge in [-0.15, -0.1) is 0 Å². The lowest BCUT2D eigenvalue weighted by Gasteiger charge is -2.13. The van der Waals surface area contributed by atoms with Crippen LogP contribution in [-0.4, -0.2) is 132 Å². The van der Waals surface area contributed by atoms with E-state index >= 15 is 0 Å². The quantitative estimate of drug-likeness (QED) is 0.0721. The molecule has 0 radical (unpaired) electrons. The van der Waals surface area contributed by atoms with Crippen molar-refractivity contribution in [3.63, 3.8) is 0 Å². The first-order valence-corrected chi connectivity index (χ1v) is 16.6. The number of unbranched alkanes of at least 4 members (excludes halogenated alkanes) is 4. The standard InChI is InChI=1S/C32H64O11/c1-4-7-9-10-12-34-13-14-35-15-16-36-17-18-37-19-20-38-21-22-39-23-24-40-25-26-41-27-28-42-29-30-43-32(33)31(6-3)11-8-5-2/h31H,4-30H2,1-3H3. The van der Waals surface area contributed by atoms with E-state index in [1.165, 1.54) is 19.3 Å². The summed E-state index contributed by atoms with van der Waals surface area (Å²) in [5.74, 6) is -0.115. The number of hydrogen-bond acceptors (Lipinski definition) is 11. The van der Waals surface area contributed by atoms with Crippen molar-refractivity contribution < 1.29 is 52.2 Å². The highest BCUT2D eigenvalue weighted by Crippen LogP contribution is 2.14. The van der Waals surface area contributed by atoms with Crippen LogP contribution in [0, 0.1) is 5.92 Å². The first-order chi connectivity index (χ1) is 21.3. The molecule has 0 aliphatic heterocycles. The molecule has 0 bridgehead atoms. The van der Waals surface area contributed by atoms with Crippen molar-refractivity contribution in [3.05, 3.63) is 0 Å². The third kappa shape index (κ3) is 33.8. The first-order valence-electron chi connectivity index (χ1n) is 16.6. The zero-order chi connectivity index (χ0) is 31.3. The molecule has 0 aromatic rings. The molecule has 258 valence electrons. The maximum Gasteiger partial charge on any atom is 0.308 e. The Morgan fingerprint density at radius 2 is 0.721 bits per heavy atom. The topological polar surface area (TPSA) is 109 Å². The molecule has 1 unspecified atom stereocenters. The minimum absolute atomic E-state index is 0.00133. The van der Waals surface area contributed by atoms with Gasteiger partial charge in [0.25, 0.3) is 0 Å². The Kier molecular flexibility index (Phi) is 36.5. The molecule has 0 saturated carbocycles. The summed E-state index contributed by atoms with van der Waals surface area (Å²) in [5.41, 5.74) is 0. The van der Waals surface area contributed by atoms with E-state index in [0.29, 0.717) is 112 Å². The lowest BCUT2D eigenvalue weighted by molar-refractivity contribution is -0.150. The SMILES string of the molecule is CCCCCCOCCOCCOCCOCCOCCOCCOCCOCCOCCOC(=O)C(CC)CCCC. The van der Waals surface area contributed by atoms with Gasteiger partial charge in [0.2, 0.25) is 0 Å². The second kappa shape index (κ2) is 37.3. The highest BCUT2D eigenvalue weighted by Gasteiger charge is 2.16. The summed E-state index contributed by atoms with van der Waals surface area (Å²) in [5, 5.41) is 0. The predicted molar refractivity (Wildman–Crippen MR) is 166 cm³/mol. The molecule has 0 aromatic carbocycles. The Bertz CT molecular complexity index is 539. The van der Waals surface area contributed by atoms with Crippen molar-refractivity contribution >= 4 is 5.97 Å². The molecule has 0 fully saturated rings. The highest BCUT2D eigenvalue weighted by molar-refractivity contribution is 5.72. The maximum absolute atomic E-state index is 12.0. The van der Waals surface area contributed by atoms with E-state index in [2.05, 4.69) is 13.8 Å². The summed E-state index contributed by atoms with van der Waals surface area (Å²) in [6, 6.07) is 0. The molecule has 11 nitrogen and oxygen atoms in total. The van der Waals surface area contributed by atoms with Crippen LogP contribution < -0.4 is 0 Å². The van der Waals surface area contributed by atoms with Gasteiger partial charge in [-0.1, -0.05) is 52.9 Å². The van der Waals surface area contributed by atoms with Gasteiger partial charge < -0.3 is 47.4 Å². The summed E-state index contributed by atoms with van der Waals surface area (Å²) in [7, 11) is 0. The van der Waals surface area contributed by atoms with Gasteiger partial charge in [-0.05, 0) is 19.3 Å². The summed E-state index contributed by atoms with van der Waals surface area (Å²) >= 11 is 0. The summed E-state index contributed by atoms with van der Waals surface area (Å²) in [6.45, 7) is 16.3. The Hall–Kier alpha value is -0.890. The first kappa shape index (κ1) is 42.1. The monoisotopic (exact) mass is 624 g/mol. The van der Waals surface area contributed by atoms with E-state index in [9.17, 15) is 4.79 Å². The highest BCUT2D eigenvalue weighted by atomic mass is 16.6. The van der Waals surface area contributed by atoms with Crippen LogP contribution >= 0.6 is 0 Å². The average molecular weight is 625 g/mol. The molecule has 0 aliphatic rings. The number of esters is 1. The van der Waals surface area contributed by atoms with Crippen molar-refractivity contribution in [3.8, 4) is 0 Å². The van der Waals surface area contributed by atoms with Gasteiger partial charge in [0.1, 0.15) is 6.61 Å².